The second kappa shape index (κ2) is 5.78. The third kappa shape index (κ3) is 2.83. The van der Waals surface area contributed by atoms with Crippen LogP contribution in [0, 0.1) is 5.82 Å². The normalized spacial score (nSPS) is 18.2. The number of halogens is 2. The number of ether oxygens (including phenoxy) is 1. The van der Waals surface area contributed by atoms with Gasteiger partial charge in [-0.25, -0.2) is 4.39 Å². The van der Waals surface area contributed by atoms with Crippen LogP contribution in [0.1, 0.15) is 29.7 Å². The van der Waals surface area contributed by atoms with Crippen molar-refractivity contribution in [2.24, 2.45) is 0 Å². The maximum absolute atomic E-state index is 14.2. The van der Waals surface area contributed by atoms with Gasteiger partial charge < -0.3 is 10.1 Å². The molecule has 0 saturated carbocycles. The lowest BCUT2D eigenvalue weighted by molar-refractivity contribution is 0.254. The van der Waals surface area contributed by atoms with Crippen molar-refractivity contribution in [3.63, 3.8) is 0 Å². The van der Waals surface area contributed by atoms with E-state index in [0.717, 1.165) is 22.2 Å². The van der Waals surface area contributed by atoms with Crippen LogP contribution in [-0.4, -0.2) is 13.2 Å². The van der Waals surface area contributed by atoms with E-state index in [4.69, 9.17) is 4.74 Å². The molecule has 1 N–H and O–H groups in total. The van der Waals surface area contributed by atoms with Crippen molar-refractivity contribution in [2.45, 2.75) is 25.5 Å². The molecule has 0 aromatic heterocycles. The van der Waals surface area contributed by atoms with Gasteiger partial charge in [0, 0.05) is 16.5 Å². The van der Waals surface area contributed by atoms with E-state index in [2.05, 4.69) is 34.2 Å². The first-order valence-corrected chi connectivity index (χ1v) is 7.79. The highest BCUT2D eigenvalue weighted by atomic mass is 79.9. The summed E-state index contributed by atoms with van der Waals surface area (Å²) >= 11 is 3.29. The highest BCUT2D eigenvalue weighted by Gasteiger charge is 2.22. The summed E-state index contributed by atoms with van der Waals surface area (Å²) in [5.74, 6) is 0.728. The third-order valence-electron chi connectivity index (χ3n) is 3.82. The smallest absolute Gasteiger partial charge is 0.129 e. The van der Waals surface area contributed by atoms with Crippen molar-refractivity contribution in [3.05, 3.63) is 63.4 Å². The molecule has 3 rings (SSSR count). The van der Waals surface area contributed by atoms with Crippen molar-refractivity contribution >= 4 is 15.9 Å². The Hall–Kier alpha value is -1.39. The molecule has 2 unspecified atom stereocenters. The second-order valence-corrected chi connectivity index (χ2v) is 6.30. The number of fused-ring (bicyclic) bond motifs is 1. The van der Waals surface area contributed by atoms with Crippen LogP contribution in [-0.2, 0) is 6.42 Å². The number of benzene rings is 2. The summed E-state index contributed by atoms with van der Waals surface area (Å²) in [6.45, 7) is 2.06. The minimum Gasteiger partial charge on any atom is -0.490 e. The molecule has 2 atom stereocenters. The molecule has 0 amide bonds. The zero-order chi connectivity index (χ0) is 15.0. The van der Waals surface area contributed by atoms with Gasteiger partial charge in [0.15, 0.2) is 0 Å². The van der Waals surface area contributed by atoms with Gasteiger partial charge in [-0.2, -0.15) is 0 Å². The standard InChI is InChI=1S/C17H17BrFNO/c1-10-7-12-8-11(3-6-16(12)21-10)17(20-2)14-5-4-13(18)9-15(14)19/h3-6,8-10,17,20H,7H2,1-2H3. The van der Waals surface area contributed by atoms with Crippen molar-refractivity contribution in [1.29, 1.82) is 0 Å². The van der Waals surface area contributed by atoms with Gasteiger partial charge in [-0.1, -0.05) is 34.1 Å². The van der Waals surface area contributed by atoms with E-state index in [0.29, 0.717) is 5.56 Å². The molecule has 4 heteroatoms. The van der Waals surface area contributed by atoms with Crippen molar-refractivity contribution in [3.8, 4) is 5.75 Å². The van der Waals surface area contributed by atoms with E-state index in [1.54, 1.807) is 0 Å². The highest BCUT2D eigenvalue weighted by Crippen LogP contribution is 2.33. The van der Waals surface area contributed by atoms with Crippen LogP contribution in [0.3, 0.4) is 0 Å². The van der Waals surface area contributed by atoms with E-state index in [1.807, 2.05) is 31.3 Å². The molecule has 0 fully saturated rings. The molecule has 21 heavy (non-hydrogen) atoms. The predicted molar refractivity (Wildman–Crippen MR) is 85.2 cm³/mol. The fourth-order valence-corrected chi connectivity index (χ4v) is 3.19. The lowest BCUT2D eigenvalue weighted by Gasteiger charge is -2.19. The molecule has 1 aliphatic heterocycles. The van der Waals surface area contributed by atoms with Crippen LogP contribution < -0.4 is 10.1 Å². The van der Waals surface area contributed by atoms with Crippen LogP contribution in [0.4, 0.5) is 4.39 Å². The van der Waals surface area contributed by atoms with Crippen LogP contribution in [0.15, 0.2) is 40.9 Å². The van der Waals surface area contributed by atoms with Crippen LogP contribution in [0.25, 0.3) is 0 Å². The molecule has 2 nitrogen and oxygen atoms in total. The summed E-state index contributed by atoms with van der Waals surface area (Å²) in [7, 11) is 1.85. The molecule has 0 bridgehead atoms. The van der Waals surface area contributed by atoms with Crippen LogP contribution >= 0.6 is 15.9 Å². The van der Waals surface area contributed by atoms with E-state index in [-0.39, 0.29) is 18.0 Å². The van der Waals surface area contributed by atoms with E-state index < -0.39 is 0 Å². The highest BCUT2D eigenvalue weighted by molar-refractivity contribution is 9.10. The Kier molecular flexibility index (Phi) is 4.00. The number of hydrogen-bond acceptors (Lipinski definition) is 2. The molecule has 0 radical (unpaired) electrons. The van der Waals surface area contributed by atoms with Gasteiger partial charge in [-0.3, -0.25) is 0 Å². The lowest BCUT2D eigenvalue weighted by atomic mass is 9.96. The van der Waals surface area contributed by atoms with Crippen LogP contribution in [0.2, 0.25) is 0 Å². The topological polar surface area (TPSA) is 21.3 Å². The molecule has 1 heterocycles. The van der Waals surface area contributed by atoms with Gasteiger partial charge in [0.05, 0.1) is 6.04 Å². The Labute approximate surface area is 132 Å². The SMILES string of the molecule is CNC(c1ccc2c(c1)CC(C)O2)c1ccc(Br)cc1F. The van der Waals surface area contributed by atoms with Crippen LogP contribution in [0.5, 0.6) is 5.75 Å². The molecular weight excluding hydrogens is 333 g/mol. The maximum atomic E-state index is 14.2. The number of rotatable bonds is 3. The first-order valence-electron chi connectivity index (χ1n) is 7.00. The van der Waals surface area contributed by atoms with Gasteiger partial charge in [-0.15, -0.1) is 0 Å². The van der Waals surface area contributed by atoms with Gasteiger partial charge in [0.2, 0.25) is 0 Å². The summed E-state index contributed by atoms with van der Waals surface area (Å²) in [4.78, 5) is 0. The Morgan fingerprint density at radius 3 is 2.81 bits per heavy atom. The molecule has 0 saturated heterocycles. The van der Waals surface area contributed by atoms with E-state index in [9.17, 15) is 4.39 Å². The fourth-order valence-electron chi connectivity index (χ4n) is 2.86. The van der Waals surface area contributed by atoms with E-state index in [1.165, 1.54) is 11.6 Å². The summed E-state index contributed by atoms with van der Waals surface area (Å²) in [5.41, 5.74) is 2.89. The predicted octanol–water partition coefficient (Wildman–Crippen LogP) is 4.22. The Morgan fingerprint density at radius 2 is 2.10 bits per heavy atom. The molecule has 0 spiro atoms. The summed E-state index contributed by atoms with van der Waals surface area (Å²) in [6, 6.07) is 11.1. The van der Waals surface area contributed by atoms with Gasteiger partial charge >= 0.3 is 0 Å². The quantitative estimate of drug-likeness (QED) is 0.895. The third-order valence-corrected chi connectivity index (χ3v) is 4.31. The van der Waals surface area contributed by atoms with Gasteiger partial charge in [-0.05, 0) is 43.3 Å². The molecular formula is C17H17BrFNO. The first-order chi connectivity index (χ1) is 10.1. The molecule has 1 aliphatic rings. The number of hydrogen-bond donors (Lipinski definition) is 1. The Balaban J connectivity index is 1.99. The minimum atomic E-state index is -0.214. The fraction of sp³-hybridized carbons (Fsp3) is 0.294. The summed E-state index contributed by atoms with van der Waals surface area (Å²) in [6.07, 6.45) is 1.12. The van der Waals surface area contributed by atoms with Crippen molar-refractivity contribution < 1.29 is 9.13 Å². The minimum absolute atomic E-state index is 0.167. The van der Waals surface area contributed by atoms with Crippen molar-refractivity contribution in [2.75, 3.05) is 7.05 Å². The average Bonchev–Trinajstić information content (AvgIpc) is 2.81. The molecule has 0 aliphatic carbocycles. The molecule has 110 valence electrons. The van der Waals surface area contributed by atoms with Gasteiger partial charge in [0.1, 0.15) is 17.7 Å². The Bertz CT molecular complexity index is 674. The molecule has 2 aromatic carbocycles. The zero-order valence-corrected chi connectivity index (χ0v) is 13.6. The summed E-state index contributed by atoms with van der Waals surface area (Å²) in [5, 5.41) is 3.20. The van der Waals surface area contributed by atoms with Crippen molar-refractivity contribution in [1.82, 2.24) is 5.32 Å². The average molecular weight is 350 g/mol. The monoisotopic (exact) mass is 349 g/mol. The Morgan fingerprint density at radius 1 is 1.29 bits per heavy atom. The molecule has 2 aromatic rings. The lowest BCUT2D eigenvalue weighted by Crippen LogP contribution is -2.19. The van der Waals surface area contributed by atoms with E-state index >= 15 is 0 Å². The largest absolute Gasteiger partial charge is 0.490 e. The summed E-state index contributed by atoms with van der Waals surface area (Å²) < 4.78 is 20.7. The zero-order valence-electron chi connectivity index (χ0n) is 12.0. The number of nitrogens with one attached hydrogen (secondary N) is 1. The second-order valence-electron chi connectivity index (χ2n) is 5.39. The maximum Gasteiger partial charge on any atom is 0.129 e. The van der Waals surface area contributed by atoms with Gasteiger partial charge in [0.25, 0.3) is 0 Å². The first kappa shape index (κ1) is 14.5.